The van der Waals surface area contributed by atoms with Crippen molar-refractivity contribution in [1.29, 1.82) is 0 Å². The first kappa shape index (κ1) is 28.5. The lowest BCUT2D eigenvalue weighted by atomic mass is 10.1. The number of sulfonamides is 1. The van der Waals surface area contributed by atoms with Crippen molar-refractivity contribution in [2.75, 3.05) is 0 Å². The van der Waals surface area contributed by atoms with E-state index in [0.29, 0.717) is 34.9 Å². The van der Waals surface area contributed by atoms with Gasteiger partial charge in [0.05, 0.1) is 47.5 Å². The van der Waals surface area contributed by atoms with Gasteiger partial charge in [-0.1, -0.05) is 53.7 Å². The Bertz CT molecular complexity index is 1570. The third-order valence-corrected chi connectivity index (χ3v) is 7.26. The van der Waals surface area contributed by atoms with Gasteiger partial charge in [0.15, 0.2) is 0 Å². The standard InChI is InChI=1S/C25H29N9O5S/c1-17(25(36)37)10-21-14-33(31-28-21)12-19-8-5-9-20(27-19)13-34-15-22(29-32-34)11-23(24(26)35)30-40(38,39)16-18-6-3-2-4-7-18/h2-9,14-15,17,23,30H,10-13,16H2,1H3,(H2,26,35)(H,36,37). The molecule has 0 aliphatic carbocycles. The van der Waals surface area contributed by atoms with Crippen LogP contribution in [-0.4, -0.2) is 66.4 Å². The maximum absolute atomic E-state index is 12.6. The van der Waals surface area contributed by atoms with Gasteiger partial charge in [0.1, 0.15) is 6.04 Å². The first-order chi connectivity index (χ1) is 19.1. The van der Waals surface area contributed by atoms with Crippen LogP contribution >= 0.6 is 0 Å². The van der Waals surface area contributed by atoms with E-state index in [1.165, 1.54) is 4.68 Å². The van der Waals surface area contributed by atoms with E-state index in [1.54, 1.807) is 54.3 Å². The van der Waals surface area contributed by atoms with Crippen molar-refractivity contribution in [1.82, 2.24) is 39.7 Å². The van der Waals surface area contributed by atoms with Crippen molar-refractivity contribution in [3.05, 3.63) is 89.3 Å². The van der Waals surface area contributed by atoms with Crippen LogP contribution in [0.25, 0.3) is 0 Å². The fraction of sp³-hybridized carbons (Fsp3) is 0.320. The average Bonchev–Trinajstić information content (AvgIpc) is 3.52. The van der Waals surface area contributed by atoms with Crippen molar-refractivity contribution >= 4 is 21.9 Å². The van der Waals surface area contributed by atoms with Crippen LogP contribution in [0.3, 0.4) is 0 Å². The zero-order valence-electron chi connectivity index (χ0n) is 21.7. The Hall–Kier alpha value is -4.50. The van der Waals surface area contributed by atoms with Gasteiger partial charge < -0.3 is 10.8 Å². The Kier molecular flexibility index (Phi) is 8.96. The van der Waals surface area contributed by atoms with Gasteiger partial charge in [0.2, 0.25) is 15.9 Å². The minimum Gasteiger partial charge on any atom is -0.481 e. The minimum atomic E-state index is -3.83. The zero-order chi connectivity index (χ0) is 28.7. The summed E-state index contributed by atoms with van der Waals surface area (Å²) >= 11 is 0. The lowest BCUT2D eigenvalue weighted by molar-refractivity contribution is -0.141. The number of carboxylic acids is 1. The van der Waals surface area contributed by atoms with Crippen LogP contribution in [-0.2, 0) is 51.3 Å². The van der Waals surface area contributed by atoms with Crippen molar-refractivity contribution < 1.29 is 23.1 Å². The van der Waals surface area contributed by atoms with Crippen LogP contribution in [0.15, 0.2) is 60.9 Å². The quantitative estimate of drug-likeness (QED) is 0.188. The molecule has 4 aromatic rings. The number of aromatic nitrogens is 7. The van der Waals surface area contributed by atoms with E-state index in [-0.39, 0.29) is 25.1 Å². The van der Waals surface area contributed by atoms with E-state index in [4.69, 9.17) is 10.8 Å². The fourth-order valence-corrected chi connectivity index (χ4v) is 5.27. The van der Waals surface area contributed by atoms with Gasteiger partial charge >= 0.3 is 5.97 Å². The second-order valence-electron chi connectivity index (χ2n) is 9.40. The summed E-state index contributed by atoms with van der Waals surface area (Å²) in [6, 6.07) is 12.9. The van der Waals surface area contributed by atoms with Gasteiger partial charge in [-0.25, -0.2) is 22.5 Å². The Balaban J connectivity index is 1.36. The first-order valence-corrected chi connectivity index (χ1v) is 14.0. The largest absolute Gasteiger partial charge is 0.481 e. The van der Waals surface area contributed by atoms with E-state index in [2.05, 4.69) is 30.3 Å². The molecule has 14 nitrogen and oxygen atoms in total. The number of hydrogen-bond donors (Lipinski definition) is 3. The molecule has 1 aromatic carbocycles. The summed E-state index contributed by atoms with van der Waals surface area (Å²) in [5.41, 5.74) is 8.40. The highest BCUT2D eigenvalue weighted by molar-refractivity contribution is 7.88. The minimum absolute atomic E-state index is 0.0635. The third kappa shape index (κ3) is 8.25. The van der Waals surface area contributed by atoms with Gasteiger partial charge in [-0.05, 0) is 17.7 Å². The van der Waals surface area contributed by atoms with Gasteiger partial charge in [0.25, 0.3) is 0 Å². The molecule has 3 aromatic heterocycles. The number of amides is 1. The number of pyridine rings is 1. The number of nitrogens with one attached hydrogen (secondary N) is 1. The van der Waals surface area contributed by atoms with E-state index in [1.807, 2.05) is 18.2 Å². The molecule has 1 amide bonds. The number of benzene rings is 1. The number of aliphatic carboxylic acids is 1. The Morgan fingerprint density at radius 1 is 0.900 bits per heavy atom. The zero-order valence-corrected chi connectivity index (χ0v) is 22.5. The number of hydrogen-bond acceptors (Lipinski definition) is 9. The summed E-state index contributed by atoms with van der Waals surface area (Å²) in [5.74, 6) is -2.57. The molecule has 2 unspecified atom stereocenters. The number of primary amides is 1. The Labute approximate surface area is 230 Å². The molecule has 0 saturated carbocycles. The molecular formula is C25H29N9O5S. The molecule has 0 aliphatic heterocycles. The molecule has 0 fully saturated rings. The number of carbonyl (C=O) groups excluding carboxylic acids is 1. The summed E-state index contributed by atoms with van der Waals surface area (Å²) in [4.78, 5) is 27.7. The lowest BCUT2D eigenvalue weighted by Gasteiger charge is -2.14. The van der Waals surface area contributed by atoms with Crippen molar-refractivity contribution in [3.63, 3.8) is 0 Å². The van der Waals surface area contributed by atoms with Crippen molar-refractivity contribution in [2.45, 2.75) is 44.6 Å². The molecule has 15 heteroatoms. The summed E-state index contributed by atoms with van der Waals surface area (Å²) in [6.07, 6.45) is 3.51. The number of carboxylic acid groups (broad SMARTS) is 1. The van der Waals surface area contributed by atoms with E-state index in [9.17, 15) is 18.0 Å². The van der Waals surface area contributed by atoms with Crippen LogP contribution in [0, 0.1) is 5.92 Å². The molecule has 210 valence electrons. The molecule has 0 spiro atoms. The molecule has 3 heterocycles. The molecule has 4 rings (SSSR count). The molecule has 0 radical (unpaired) electrons. The lowest BCUT2D eigenvalue weighted by Crippen LogP contribution is -2.46. The van der Waals surface area contributed by atoms with Crippen LogP contribution in [0.5, 0.6) is 0 Å². The second kappa shape index (κ2) is 12.6. The summed E-state index contributed by atoms with van der Waals surface area (Å²) in [7, 11) is -3.83. The molecule has 0 saturated heterocycles. The van der Waals surface area contributed by atoms with Crippen molar-refractivity contribution in [2.24, 2.45) is 11.7 Å². The van der Waals surface area contributed by atoms with Gasteiger partial charge in [-0.3, -0.25) is 14.6 Å². The predicted molar refractivity (Wildman–Crippen MR) is 142 cm³/mol. The molecule has 0 aliphatic rings. The molecule has 4 N–H and O–H groups in total. The average molecular weight is 568 g/mol. The maximum atomic E-state index is 12.6. The molecular weight excluding hydrogens is 538 g/mol. The maximum Gasteiger partial charge on any atom is 0.306 e. The summed E-state index contributed by atoms with van der Waals surface area (Å²) in [6.45, 7) is 2.23. The van der Waals surface area contributed by atoms with E-state index < -0.39 is 33.9 Å². The number of carbonyl (C=O) groups is 2. The van der Waals surface area contributed by atoms with Gasteiger partial charge in [0, 0.05) is 25.2 Å². The second-order valence-corrected chi connectivity index (χ2v) is 11.2. The third-order valence-electron chi connectivity index (χ3n) is 5.90. The first-order valence-electron chi connectivity index (χ1n) is 12.3. The summed E-state index contributed by atoms with van der Waals surface area (Å²) in [5, 5.41) is 25.3. The summed E-state index contributed by atoms with van der Waals surface area (Å²) < 4.78 is 30.7. The topological polar surface area (TPSA) is 201 Å². The molecule has 2 atom stereocenters. The van der Waals surface area contributed by atoms with Crippen LogP contribution in [0.2, 0.25) is 0 Å². The molecule has 0 bridgehead atoms. The highest BCUT2D eigenvalue weighted by Crippen LogP contribution is 2.10. The Morgan fingerprint density at radius 2 is 1.48 bits per heavy atom. The monoisotopic (exact) mass is 567 g/mol. The van der Waals surface area contributed by atoms with E-state index in [0.717, 1.165) is 0 Å². The number of nitrogens with zero attached hydrogens (tertiary/aromatic N) is 7. The smallest absolute Gasteiger partial charge is 0.306 e. The van der Waals surface area contributed by atoms with Crippen LogP contribution < -0.4 is 10.5 Å². The highest BCUT2D eigenvalue weighted by atomic mass is 32.2. The fourth-order valence-electron chi connectivity index (χ4n) is 3.92. The van der Waals surface area contributed by atoms with E-state index >= 15 is 0 Å². The number of nitrogens with two attached hydrogens (primary N) is 1. The SMILES string of the molecule is CC(Cc1cn(Cc2cccc(Cn3cc(CC(NS(=O)(=O)Cc4ccccc4)C(N)=O)nn3)n2)nn1)C(=O)O. The van der Waals surface area contributed by atoms with Crippen LogP contribution in [0.1, 0.15) is 35.3 Å². The Morgan fingerprint density at radius 3 is 2.02 bits per heavy atom. The number of rotatable bonds is 14. The highest BCUT2D eigenvalue weighted by Gasteiger charge is 2.24. The normalized spacial score (nSPS) is 13.1. The molecule has 40 heavy (non-hydrogen) atoms. The van der Waals surface area contributed by atoms with Crippen LogP contribution in [0.4, 0.5) is 0 Å². The predicted octanol–water partition coefficient (Wildman–Crippen LogP) is 0.140. The van der Waals surface area contributed by atoms with Gasteiger partial charge in [-0.15, -0.1) is 10.2 Å². The van der Waals surface area contributed by atoms with Gasteiger partial charge in [-0.2, -0.15) is 0 Å². The van der Waals surface area contributed by atoms with Crippen molar-refractivity contribution in [3.8, 4) is 0 Å².